The van der Waals surface area contributed by atoms with Crippen LogP contribution in [0.25, 0.3) is 0 Å². The van der Waals surface area contributed by atoms with Crippen LogP contribution in [0.15, 0.2) is 0 Å². The molecule has 1 amide bonds. The van der Waals surface area contributed by atoms with Gasteiger partial charge in [0.05, 0.1) is 0 Å². The Morgan fingerprint density at radius 3 is 2.60 bits per heavy atom. The third-order valence-electron chi connectivity index (χ3n) is 3.94. The molecule has 6 N–H and O–H groups in total. The van der Waals surface area contributed by atoms with Crippen LogP contribution >= 0.6 is 0 Å². The number of carbonyl (C=O) groups is 3. The Morgan fingerprint density at radius 2 is 2.05 bits per heavy atom. The van der Waals surface area contributed by atoms with Gasteiger partial charge in [0, 0.05) is 6.42 Å². The van der Waals surface area contributed by atoms with E-state index in [0.29, 0.717) is 6.42 Å². The van der Waals surface area contributed by atoms with Gasteiger partial charge >= 0.3 is 11.9 Å². The van der Waals surface area contributed by atoms with Crippen molar-refractivity contribution in [3.63, 3.8) is 0 Å². The fourth-order valence-electron chi connectivity index (χ4n) is 2.62. The smallest absolute Gasteiger partial charge is 0.334 e. The highest BCUT2D eigenvalue weighted by atomic mass is 16.6. The Morgan fingerprint density at radius 1 is 1.40 bits per heavy atom. The number of ether oxygens (including phenoxy) is 1. The number of carbonyl (C=O) groups excluding carboxylic acids is 3. The summed E-state index contributed by atoms with van der Waals surface area (Å²) in [5.41, 5.74) is 15.5. The molecule has 2 unspecified atom stereocenters. The first-order valence-electron chi connectivity index (χ1n) is 6.90. The molecule has 7 heteroatoms. The van der Waals surface area contributed by atoms with Crippen molar-refractivity contribution in [2.24, 2.45) is 23.1 Å². The van der Waals surface area contributed by atoms with Gasteiger partial charge in [-0.3, -0.25) is 4.79 Å². The van der Waals surface area contributed by atoms with Crippen molar-refractivity contribution < 1.29 is 19.1 Å². The zero-order valence-corrected chi connectivity index (χ0v) is 11.8. The molecule has 0 aliphatic heterocycles. The zero-order chi connectivity index (χ0) is 15.3. The lowest BCUT2D eigenvalue weighted by atomic mass is 9.86. The maximum absolute atomic E-state index is 12.1. The molecule has 7 nitrogen and oxygen atoms in total. The number of rotatable bonds is 6. The maximum atomic E-state index is 12.1. The van der Waals surface area contributed by atoms with E-state index in [0.717, 1.165) is 19.3 Å². The summed E-state index contributed by atoms with van der Waals surface area (Å²) in [5, 5.41) is 0. The summed E-state index contributed by atoms with van der Waals surface area (Å²) in [5.74, 6) is -2.12. The van der Waals surface area contributed by atoms with Gasteiger partial charge in [0.15, 0.2) is 0 Å². The third-order valence-corrected chi connectivity index (χ3v) is 3.94. The van der Waals surface area contributed by atoms with E-state index >= 15 is 0 Å². The van der Waals surface area contributed by atoms with E-state index in [1.54, 1.807) is 0 Å². The van der Waals surface area contributed by atoms with Gasteiger partial charge < -0.3 is 21.9 Å². The van der Waals surface area contributed by atoms with Gasteiger partial charge in [-0.1, -0.05) is 19.8 Å². The van der Waals surface area contributed by atoms with Crippen molar-refractivity contribution in [2.75, 3.05) is 0 Å². The summed E-state index contributed by atoms with van der Waals surface area (Å²) in [6, 6.07) is -1.04. The maximum Gasteiger partial charge on any atom is 0.334 e. The Bertz CT molecular complexity index is 399. The third kappa shape index (κ3) is 3.77. The molecule has 1 saturated carbocycles. The monoisotopic (exact) mass is 285 g/mol. The largest absolute Gasteiger partial charge is 0.391 e. The summed E-state index contributed by atoms with van der Waals surface area (Å²) in [7, 11) is 0. The van der Waals surface area contributed by atoms with Crippen molar-refractivity contribution in [2.45, 2.75) is 57.0 Å². The number of hydrogen-bond acceptors (Lipinski definition) is 6. The van der Waals surface area contributed by atoms with Crippen molar-refractivity contribution in [1.29, 1.82) is 0 Å². The Balaban J connectivity index is 2.57. The molecular weight excluding hydrogens is 262 g/mol. The van der Waals surface area contributed by atoms with Crippen molar-refractivity contribution in [3.05, 3.63) is 0 Å². The lowest BCUT2D eigenvalue weighted by molar-refractivity contribution is -0.165. The Labute approximate surface area is 118 Å². The van der Waals surface area contributed by atoms with Crippen molar-refractivity contribution in [1.82, 2.24) is 0 Å². The molecule has 0 radical (unpaired) electrons. The highest BCUT2D eigenvalue weighted by Crippen LogP contribution is 2.36. The molecule has 0 aromatic heterocycles. The van der Waals surface area contributed by atoms with Crippen LogP contribution in [0.5, 0.6) is 0 Å². The highest BCUT2D eigenvalue weighted by molar-refractivity contribution is 5.93. The van der Waals surface area contributed by atoms with Gasteiger partial charge in [-0.15, -0.1) is 0 Å². The molecule has 3 atom stereocenters. The zero-order valence-electron chi connectivity index (χ0n) is 11.8. The van der Waals surface area contributed by atoms with Crippen LogP contribution in [-0.4, -0.2) is 29.4 Å². The lowest BCUT2D eigenvalue weighted by Gasteiger charge is -2.28. The lowest BCUT2D eigenvalue weighted by Crippen LogP contribution is -2.53. The summed E-state index contributed by atoms with van der Waals surface area (Å²) < 4.78 is 4.78. The van der Waals surface area contributed by atoms with E-state index < -0.39 is 29.4 Å². The number of amides is 1. The molecule has 114 valence electrons. The highest BCUT2D eigenvalue weighted by Gasteiger charge is 2.47. The van der Waals surface area contributed by atoms with Gasteiger partial charge in [-0.2, -0.15) is 0 Å². The minimum absolute atomic E-state index is 0.0182. The first kappa shape index (κ1) is 16.6. The molecule has 0 spiro atoms. The number of esters is 2. The number of nitrogens with two attached hydrogens (primary N) is 3. The second kappa shape index (κ2) is 6.81. The second-order valence-corrected chi connectivity index (χ2v) is 5.36. The van der Waals surface area contributed by atoms with Crippen LogP contribution < -0.4 is 17.2 Å². The van der Waals surface area contributed by atoms with E-state index in [2.05, 4.69) is 0 Å². The molecule has 0 saturated heterocycles. The van der Waals surface area contributed by atoms with Crippen LogP contribution in [-0.2, 0) is 19.1 Å². The predicted molar refractivity (Wildman–Crippen MR) is 72.1 cm³/mol. The van der Waals surface area contributed by atoms with Crippen LogP contribution in [0, 0.1) is 5.92 Å². The Hall–Kier alpha value is -1.47. The molecule has 0 heterocycles. The van der Waals surface area contributed by atoms with Crippen LogP contribution in [0.4, 0.5) is 0 Å². The topological polar surface area (TPSA) is 138 Å². The van der Waals surface area contributed by atoms with Crippen LogP contribution in [0.1, 0.15) is 45.4 Å². The van der Waals surface area contributed by atoms with E-state index in [9.17, 15) is 14.4 Å². The molecular formula is C13H23N3O4. The van der Waals surface area contributed by atoms with Gasteiger partial charge in [-0.25, -0.2) is 9.59 Å². The van der Waals surface area contributed by atoms with Gasteiger partial charge in [0.2, 0.25) is 5.91 Å². The summed E-state index contributed by atoms with van der Waals surface area (Å²) in [6.45, 7) is 1.95. The van der Waals surface area contributed by atoms with Gasteiger partial charge in [0.1, 0.15) is 11.6 Å². The minimum atomic E-state index is -1.10. The number of hydrogen-bond donors (Lipinski definition) is 3. The average molecular weight is 285 g/mol. The average Bonchev–Trinajstić information content (AvgIpc) is 2.78. The SMILES string of the molecule is CCC1CCCC1(N)C(=O)OC(=O)[C@@H](N)CCC(N)=O. The quantitative estimate of drug-likeness (QED) is 0.446. The molecule has 1 aliphatic rings. The fourth-order valence-corrected chi connectivity index (χ4v) is 2.62. The first-order valence-corrected chi connectivity index (χ1v) is 6.90. The van der Waals surface area contributed by atoms with Crippen molar-refractivity contribution in [3.8, 4) is 0 Å². The summed E-state index contributed by atoms with van der Waals surface area (Å²) in [4.78, 5) is 34.4. The molecule has 0 aromatic carbocycles. The van der Waals surface area contributed by atoms with E-state index in [1.807, 2.05) is 6.92 Å². The standard InChI is InChI=1S/C13H23N3O4/c1-2-8-4-3-7-13(8,16)12(19)20-11(18)9(14)5-6-10(15)17/h8-9H,2-7,14,16H2,1H3,(H2,15,17)/t8?,9-,13?/m0/s1. The van der Waals surface area contributed by atoms with Gasteiger partial charge in [-0.05, 0) is 25.2 Å². The second-order valence-electron chi connectivity index (χ2n) is 5.36. The molecule has 20 heavy (non-hydrogen) atoms. The molecule has 0 bridgehead atoms. The van der Waals surface area contributed by atoms with E-state index in [-0.39, 0.29) is 18.8 Å². The van der Waals surface area contributed by atoms with E-state index in [4.69, 9.17) is 21.9 Å². The minimum Gasteiger partial charge on any atom is -0.391 e. The van der Waals surface area contributed by atoms with Crippen LogP contribution in [0.3, 0.4) is 0 Å². The van der Waals surface area contributed by atoms with Crippen molar-refractivity contribution >= 4 is 17.8 Å². The molecule has 1 aliphatic carbocycles. The predicted octanol–water partition coefficient (Wildman–Crippen LogP) is -0.443. The molecule has 1 rings (SSSR count). The van der Waals surface area contributed by atoms with Gasteiger partial charge in [0.25, 0.3) is 0 Å². The fraction of sp³-hybridized carbons (Fsp3) is 0.769. The first-order chi connectivity index (χ1) is 9.31. The Kier molecular flexibility index (Phi) is 5.64. The summed E-state index contributed by atoms with van der Waals surface area (Å²) >= 11 is 0. The molecule has 0 aromatic rings. The van der Waals surface area contributed by atoms with E-state index in [1.165, 1.54) is 0 Å². The number of primary amides is 1. The van der Waals surface area contributed by atoms with Crippen LogP contribution in [0.2, 0.25) is 0 Å². The normalized spacial score (nSPS) is 27.1. The molecule has 1 fully saturated rings. The summed E-state index contributed by atoms with van der Waals surface area (Å²) in [6.07, 6.45) is 2.98.